The summed E-state index contributed by atoms with van der Waals surface area (Å²) in [6.07, 6.45) is 13.9. The van der Waals surface area contributed by atoms with Gasteiger partial charge < -0.3 is 4.43 Å². The molecule has 1 heterocycles. The Bertz CT molecular complexity index is 150. The third-order valence-electron chi connectivity index (χ3n) is 2.61. The summed E-state index contributed by atoms with van der Waals surface area (Å²) in [5.41, 5.74) is 0.825. The quantitative estimate of drug-likeness (QED) is 0.369. The molecule has 1 aliphatic heterocycles. The van der Waals surface area contributed by atoms with Crippen molar-refractivity contribution >= 4 is 9.76 Å². The lowest BCUT2D eigenvalue weighted by atomic mass is 10.1. The molecule has 2 heteroatoms. The second-order valence-electron chi connectivity index (χ2n) is 4.01. The van der Waals surface area contributed by atoms with E-state index >= 15 is 0 Å². The normalized spacial score (nSPS) is 23.1. The molecule has 1 fully saturated rings. The van der Waals surface area contributed by atoms with Gasteiger partial charge in [-0.3, -0.25) is 0 Å². The molecule has 0 aromatic carbocycles. The number of allylic oxidation sites excluding steroid dienone is 2. The van der Waals surface area contributed by atoms with Crippen LogP contribution >= 0.6 is 0 Å². The van der Waals surface area contributed by atoms with Crippen LogP contribution < -0.4 is 0 Å². The van der Waals surface area contributed by atoms with E-state index in [-0.39, 0.29) is 0 Å². The zero-order valence-corrected chi connectivity index (χ0v) is 10.3. The van der Waals surface area contributed by atoms with Crippen LogP contribution in [0.2, 0.25) is 5.54 Å². The first-order chi connectivity index (χ1) is 6.93. The average molecular weight is 210 g/mol. The van der Waals surface area contributed by atoms with Gasteiger partial charge in [0.2, 0.25) is 9.76 Å². The molecule has 0 bridgehead atoms. The van der Waals surface area contributed by atoms with E-state index in [9.17, 15) is 0 Å². The molecule has 0 spiro atoms. The Labute approximate surface area is 90.9 Å². The van der Waals surface area contributed by atoms with Gasteiger partial charge in [0, 0.05) is 6.61 Å². The van der Waals surface area contributed by atoms with E-state index in [4.69, 9.17) is 4.43 Å². The molecule has 2 radical (unpaired) electrons. The topological polar surface area (TPSA) is 9.23 Å². The van der Waals surface area contributed by atoms with Gasteiger partial charge >= 0.3 is 0 Å². The average Bonchev–Trinajstić information content (AvgIpc) is 2.25. The van der Waals surface area contributed by atoms with Gasteiger partial charge in [0.05, 0.1) is 0 Å². The summed E-state index contributed by atoms with van der Waals surface area (Å²) >= 11 is 0. The van der Waals surface area contributed by atoms with Crippen molar-refractivity contribution < 1.29 is 4.43 Å². The SMILES string of the molecule is CCCCC/C=C/CC1CCCO[Si]1. The van der Waals surface area contributed by atoms with Crippen LogP contribution in [0.1, 0.15) is 51.9 Å². The van der Waals surface area contributed by atoms with Gasteiger partial charge in [-0.1, -0.05) is 31.9 Å². The van der Waals surface area contributed by atoms with Gasteiger partial charge in [-0.05, 0) is 37.6 Å². The Balaban J connectivity index is 1.95. The molecule has 0 aliphatic carbocycles. The lowest BCUT2D eigenvalue weighted by Gasteiger charge is -2.18. The van der Waals surface area contributed by atoms with Crippen molar-refractivity contribution in [2.24, 2.45) is 0 Å². The molecule has 0 aromatic rings. The Hall–Kier alpha value is -0.0831. The van der Waals surface area contributed by atoms with Crippen LogP contribution in [-0.2, 0) is 4.43 Å². The minimum atomic E-state index is 0.754. The molecule has 1 nitrogen and oxygen atoms in total. The Morgan fingerprint density at radius 1 is 1.36 bits per heavy atom. The van der Waals surface area contributed by atoms with Crippen LogP contribution in [0, 0.1) is 0 Å². The molecule has 1 atom stereocenters. The highest BCUT2D eigenvalue weighted by Gasteiger charge is 2.13. The van der Waals surface area contributed by atoms with Crippen molar-refractivity contribution in [3.05, 3.63) is 12.2 Å². The van der Waals surface area contributed by atoms with Gasteiger partial charge in [-0.2, -0.15) is 0 Å². The highest BCUT2D eigenvalue weighted by Crippen LogP contribution is 2.21. The molecule has 1 unspecified atom stereocenters. The molecule has 1 aliphatic rings. The summed E-state index contributed by atoms with van der Waals surface area (Å²) in [6, 6.07) is 0. The molecule has 0 amide bonds. The van der Waals surface area contributed by atoms with Crippen molar-refractivity contribution in [1.82, 2.24) is 0 Å². The van der Waals surface area contributed by atoms with Crippen LogP contribution in [0.5, 0.6) is 0 Å². The van der Waals surface area contributed by atoms with E-state index in [1.165, 1.54) is 44.9 Å². The summed E-state index contributed by atoms with van der Waals surface area (Å²) < 4.78 is 5.47. The van der Waals surface area contributed by atoms with Crippen molar-refractivity contribution in [3.63, 3.8) is 0 Å². The Morgan fingerprint density at radius 2 is 2.29 bits per heavy atom. The molecule has 0 saturated carbocycles. The zero-order chi connectivity index (χ0) is 10.1. The van der Waals surface area contributed by atoms with E-state index in [1.54, 1.807) is 0 Å². The van der Waals surface area contributed by atoms with Crippen LogP contribution in [0.15, 0.2) is 12.2 Å². The maximum atomic E-state index is 5.47. The van der Waals surface area contributed by atoms with E-state index < -0.39 is 0 Å². The van der Waals surface area contributed by atoms with Crippen LogP contribution in [-0.4, -0.2) is 16.4 Å². The molecule has 1 saturated heterocycles. The maximum Gasteiger partial charge on any atom is 0.233 e. The van der Waals surface area contributed by atoms with E-state index in [1.807, 2.05) is 0 Å². The number of rotatable bonds is 6. The third kappa shape index (κ3) is 5.61. The number of unbranched alkanes of at least 4 members (excludes halogenated alkanes) is 3. The minimum absolute atomic E-state index is 0.754. The molecule has 80 valence electrons. The Morgan fingerprint density at radius 3 is 3.00 bits per heavy atom. The van der Waals surface area contributed by atoms with E-state index in [2.05, 4.69) is 19.1 Å². The first-order valence-electron chi connectivity index (χ1n) is 5.95. The van der Waals surface area contributed by atoms with E-state index in [0.717, 1.165) is 21.9 Å². The van der Waals surface area contributed by atoms with Gasteiger partial charge in [0.25, 0.3) is 0 Å². The summed E-state index contributed by atoms with van der Waals surface area (Å²) in [5.74, 6) is 0. The van der Waals surface area contributed by atoms with Gasteiger partial charge in [0.1, 0.15) is 0 Å². The fourth-order valence-electron chi connectivity index (χ4n) is 1.69. The smallest absolute Gasteiger partial charge is 0.233 e. The fraction of sp³-hybridized carbons (Fsp3) is 0.833. The molecular weight excluding hydrogens is 188 g/mol. The summed E-state index contributed by atoms with van der Waals surface area (Å²) in [7, 11) is 0.754. The summed E-state index contributed by atoms with van der Waals surface area (Å²) in [5, 5.41) is 0. The molecule has 1 rings (SSSR count). The van der Waals surface area contributed by atoms with Crippen molar-refractivity contribution in [2.45, 2.75) is 57.4 Å². The molecular formula is C12H22OSi. The molecule has 0 aromatic heterocycles. The highest BCUT2D eigenvalue weighted by atomic mass is 28.2. The predicted octanol–water partition coefficient (Wildman–Crippen LogP) is 3.73. The van der Waals surface area contributed by atoms with E-state index in [0.29, 0.717) is 0 Å². The number of hydrogen-bond acceptors (Lipinski definition) is 1. The third-order valence-corrected chi connectivity index (χ3v) is 3.84. The zero-order valence-electron chi connectivity index (χ0n) is 9.30. The first kappa shape index (κ1) is 12.0. The predicted molar refractivity (Wildman–Crippen MR) is 62.6 cm³/mol. The largest absolute Gasteiger partial charge is 0.417 e. The maximum absolute atomic E-state index is 5.47. The van der Waals surface area contributed by atoms with Gasteiger partial charge in [-0.15, -0.1) is 0 Å². The molecule has 14 heavy (non-hydrogen) atoms. The summed E-state index contributed by atoms with van der Waals surface area (Å²) in [6.45, 7) is 3.25. The number of hydrogen-bond donors (Lipinski definition) is 0. The summed E-state index contributed by atoms with van der Waals surface area (Å²) in [4.78, 5) is 0. The van der Waals surface area contributed by atoms with Crippen LogP contribution in [0.3, 0.4) is 0 Å². The second-order valence-corrected chi connectivity index (χ2v) is 5.35. The van der Waals surface area contributed by atoms with Crippen molar-refractivity contribution in [2.75, 3.05) is 6.61 Å². The Kier molecular flexibility index (Phi) is 7.06. The van der Waals surface area contributed by atoms with Gasteiger partial charge in [0.15, 0.2) is 0 Å². The fourth-order valence-corrected chi connectivity index (χ4v) is 2.75. The first-order valence-corrected chi connectivity index (χ1v) is 6.94. The standard InChI is InChI=1S/C12H22OSi/c1-2-3-4-5-6-7-9-12-10-8-11-13-14-12/h6-7,12H,2-5,8-11H2,1H3/b7-6+. The van der Waals surface area contributed by atoms with Crippen molar-refractivity contribution in [3.8, 4) is 0 Å². The lowest BCUT2D eigenvalue weighted by Crippen LogP contribution is -2.15. The van der Waals surface area contributed by atoms with Crippen LogP contribution in [0.25, 0.3) is 0 Å². The van der Waals surface area contributed by atoms with Gasteiger partial charge in [-0.25, -0.2) is 0 Å². The highest BCUT2D eigenvalue weighted by molar-refractivity contribution is 6.29. The van der Waals surface area contributed by atoms with Crippen molar-refractivity contribution in [1.29, 1.82) is 0 Å². The second kappa shape index (κ2) is 8.24. The van der Waals surface area contributed by atoms with Crippen LogP contribution in [0.4, 0.5) is 0 Å². The lowest BCUT2D eigenvalue weighted by molar-refractivity contribution is 0.286. The monoisotopic (exact) mass is 210 g/mol. The minimum Gasteiger partial charge on any atom is -0.417 e. The molecule has 0 N–H and O–H groups in total.